The lowest BCUT2D eigenvalue weighted by Gasteiger charge is -2.17. The zero-order valence-electron chi connectivity index (χ0n) is 12.4. The number of halogens is 1. The van der Waals surface area contributed by atoms with Crippen molar-refractivity contribution < 1.29 is 19.0 Å². The summed E-state index contributed by atoms with van der Waals surface area (Å²) in [6.07, 6.45) is -0.446. The molecular formula is C17H19FO3. The number of methoxy groups -OCH3 is 2. The van der Waals surface area contributed by atoms with Crippen molar-refractivity contribution in [1.29, 1.82) is 0 Å². The molecule has 0 saturated heterocycles. The predicted octanol–water partition coefficient (Wildman–Crippen LogP) is 3.43. The molecule has 112 valence electrons. The Hall–Kier alpha value is -2.07. The fraction of sp³-hybridized carbons (Fsp3) is 0.294. The van der Waals surface area contributed by atoms with E-state index in [4.69, 9.17) is 9.47 Å². The van der Waals surface area contributed by atoms with Gasteiger partial charge in [0.2, 0.25) is 0 Å². The molecule has 0 aliphatic rings. The summed E-state index contributed by atoms with van der Waals surface area (Å²) < 4.78 is 23.7. The fourth-order valence-electron chi connectivity index (χ4n) is 2.27. The summed E-state index contributed by atoms with van der Waals surface area (Å²) >= 11 is 0. The zero-order chi connectivity index (χ0) is 15.4. The van der Waals surface area contributed by atoms with E-state index < -0.39 is 6.10 Å². The van der Waals surface area contributed by atoms with Gasteiger partial charge in [-0.2, -0.15) is 0 Å². The number of ether oxygens (including phenoxy) is 2. The summed E-state index contributed by atoms with van der Waals surface area (Å²) in [5.74, 6) is 0.908. The van der Waals surface area contributed by atoms with Gasteiger partial charge in [-0.1, -0.05) is 6.07 Å². The van der Waals surface area contributed by atoms with Crippen LogP contribution in [0.25, 0.3) is 0 Å². The van der Waals surface area contributed by atoms with E-state index in [2.05, 4.69) is 0 Å². The van der Waals surface area contributed by atoms with Crippen LogP contribution in [0.5, 0.6) is 11.5 Å². The average molecular weight is 290 g/mol. The summed E-state index contributed by atoms with van der Waals surface area (Å²) in [5, 5.41) is 10.4. The highest BCUT2D eigenvalue weighted by Crippen LogP contribution is 2.31. The molecule has 1 unspecified atom stereocenters. The lowest BCUT2D eigenvalue weighted by molar-refractivity contribution is 0.173. The molecule has 4 heteroatoms. The SMILES string of the molecule is COc1ccc(C(O)Cc2cc(F)ccc2C)c(OC)c1. The third-order valence-electron chi connectivity index (χ3n) is 3.52. The molecule has 0 saturated carbocycles. The van der Waals surface area contributed by atoms with Crippen LogP contribution in [0, 0.1) is 12.7 Å². The molecule has 0 bridgehead atoms. The summed E-state index contributed by atoms with van der Waals surface area (Å²) in [7, 11) is 3.11. The quantitative estimate of drug-likeness (QED) is 0.917. The summed E-state index contributed by atoms with van der Waals surface area (Å²) in [6.45, 7) is 1.90. The third kappa shape index (κ3) is 3.52. The van der Waals surface area contributed by atoms with Gasteiger partial charge in [0, 0.05) is 18.1 Å². The van der Waals surface area contributed by atoms with Gasteiger partial charge in [0.1, 0.15) is 17.3 Å². The van der Waals surface area contributed by atoms with Crippen LogP contribution in [0.15, 0.2) is 36.4 Å². The summed E-state index contributed by atoms with van der Waals surface area (Å²) in [5.41, 5.74) is 2.38. The number of aliphatic hydroxyl groups is 1. The van der Waals surface area contributed by atoms with Crippen molar-refractivity contribution >= 4 is 0 Å². The minimum atomic E-state index is -0.772. The predicted molar refractivity (Wildman–Crippen MR) is 79.3 cm³/mol. The van der Waals surface area contributed by atoms with Crippen LogP contribution in [0.2, 0.25) is 0 Å². The monoisotopic (exact) mass is 290 g/mol. The maximum atomic E-state index is 13.3. The Morgan fingerprint density at radius 3 is 2.52 bits per heavy atom. The second-order valence-corrected chi connectivity index (χ2v) is 4.90. The van der Waals surface area contributed by atoms with Gasteiger partial charge in [0.05, 0.1) is 20.3 Å². The van der Waals surface area contributed by atoms with Gasteiger partial charge in [0.15, 0.2) is 0 Å². The van der Waals surface area contributed by atoms with Crippen LogP contribution in [-0.4, -0.2) is 19.3 Å². The van der Waals surface area contributed by atoms with Crippen LogP contribution in [0.4, 0.5) is 4.39 Å². The van der Waals surface area contributed by atoms with E-state index in [0.29, 0.717) is 23.5 Å². The largest absolute Gasteiger partial charge is 0.497 e. The van der Waals surface area contributed by atoms with Gasteiger partial charge >= 0.3 is 0 Å². The maximum absolute atomic E-state index is 13.3. The highest BCUT2D eigenvalue weighted by Gasteiger charge is 2.16. The summed E-state index contributed by atoms with van der Waals surface area (Å²) in [6, 6.07) is 9.82. The van der Waals surface area contributed by atoms with Crippen LogP contribution in [0.3, 0.4) is 0 Å². The molecule has 0 fully saturated rings. The first-order chi connectivity index (χ1) is 10.0. The molecule has 0 amide bonds. The Morgan fingerprint density at radius 2 is 1.86 bits per heavy atom. The first-order valence-corrected chi connectivity index (χ1v) is 6.70. The van der Waals surface area contributed by atoms with Crippen LogP contribution in [0.1, 0.15) is 22.8 Å². The van der Waals surface area contributed by atoms with Crippen LogP contribution in [-0.2, 0) is 6.42 Å². The van der Waals surface area contributed by atoms with Crippen LogP contribution >= 0.6 is 0 Å². The van der Waals surface area contributed by atoms with E-state index in [9.17, 15) is 9.50 Å². The molecule has 0 aromatic heterocycles. The standard InChI is InChI=1S/C17H19FO3/c1-11-4-5-13(18)8-12(11)9-16(19)15-7-6-14(20-2)10-17(15)21-3/h4-8,10,16,19H,9H2,1-3H3. The Morgan fingerprint density at radius 1 is 1.10 bits per heavy atom. The average Bonchev–Trinajstić information content (AvgIpc) is 2.50. The molecule has 2 rings (SSSR count). The van der Waals surface area contributed by atoms with E-state index in [1.54, 1.807) is 38.5 Å². The summed E-state index contributed by atoms with van der Waals surface area (Å²) in [4.78, 5) is 0. The number of benzene rings is 2. The number of aryl methyl sites for hydroxylation is 1. The van der Waals surface area contributed by atoms with Crippen molar-refractivity contribution in [2.45, 2.75) is 19.4 Å². The molecule has 0 aliphatic heterocycles. The molecule has 1 atom stereocenters. The number of hydrogen-bond donors (Lipinski definition) is 1. The van der Waals surface area contributed by atoms with Gasteiger partial charge in [-0.05, 0) is 42.3 Å². The molecular weight excluding hydrogens is 271 g/mol. The Kier molecular flexibility index (Phi) is 4.81. The Labute approximate surface area is 124 Å². The number of rotatable bonds is 5. The second-order valence-electron chi connectivity index (χ2n) is 4.90. The fourth-order valence-corrected chi connectivity index (χ4v) is 2.27. The highest BCUT2D eigenvalue weighted by molar-refractivity contribution is 5.42. The molecule has 2 aromatic carbocycles. The first-order valence-electron chi connectivity index (χ1n) is 6.70. The van der Waals surface area contributed by atoms with Crippen molar-refractivity contribution in [3.63, 3.8) is 0 Å². The lowest BCUT2D eigenvalue weighted by atomic mass is 9.97. The van der Waals surface area contributed by atoms with Crippen LogP contribution < -0.4 is 9.47 Å². The molecule has 2 aromatic rings. The topological polar surface area (TPSA) is 38.7 Å². The smallest absolute Gasteiger partial charge is 0.128 e. The van der Waals surface area contributed by atoms with Crippen molar-refractivity contribution in [2.24, 2.45) is 0 Å². The van der Waals surface area contributed by atoms with Gasteiger partial charge < -0.3 is 14.6 Å². The van der Waals surface area contributed by atoms with Gasteiger partial charge in [-0.3, -0.25) is 0 Å². The van der Waals surface area contributed by atoms with Gasteiger partial charge in [-0.25, -0.2) is 4.39 Å². The van der Waals surface area contributed by atoms with E-state index in [1.807, 2.05) is 6.92 Å². The van der Waals surface area contributed by atoms with Gasteiger partial charge in [0.25, 0.3) is 0 Å². The molecule has 0 spiro atoms. The van der Waals surface area contributed by atoms with E-state index in [0.717, 1.165) is 11.1 Å². The molecule has 1 N–H and O–H groups in total. The molecule has 3 nitrogen and oxygen atoms in total. The normalized spacial score (nSPS) is 12.0. The zero-order valence-corrected chi connectivity index (χ0v) is 12.4. The van der Waals surface area contributed by atoms with Gasteiger partial charge in [-0.15, -0.1) is 0 Å². The van der Waals surface area contributed by atoms with Crippen molar-refractivity contribution in [3.05, 3.63) is 58.9 Å². The lowest BCUT2D eigenvalue weighted by Crippen LogP contribution is -2.06. The highest BCUT2D eigenvalue weighted by atomic mass is 19.1. The Balaban J connectivity index is 2.27. The Bertz CT molecular complexity index is 625. The minimum Gasteiger partial charge on any atom is -0.497 e. The van der Waals surface area contributed by atoms with E-state index >= 15 is 0 Å². The van der Waals surface area contributed by atoms with Crippen molar-refractivity contribution in [1.82, 2.24) is 0 Å². The van der Waals surface area contributed by atoms with E-state index in [1.165, 1.54) is 12.1 Å². The molecule has 0 radical (unpaired) electrons. The van der Waals surface area contributed by atoms with Crippen molar-refractivity contribution in [3.8, 4) is 11.5 Å². The molecule has 0 heterocycles. The first kappa shape index (κ1) is 15.3. The number of hydrogen-bond acceptors (Lipinski definition) is 3. The maximum Gasteiger partial charge on any atom is 0.128 e. The van der Waals surface area contributed by atoms with E-state index in [-0.39, 0.29) is 5.82 Å². The second kappa shape index (κ2) is 6.59. The number of aliphatic hydroxyl groups excluding tert-OH is 1. The minimum absolute atomic E-state index is 0.301. The molecule has 0 aliphatic carbocycles. The molecule has 21 heavy (non-hydrogen) atoms. The van der Waals surface area contributed by atoms with Crippen molar-refractivity contribution in [2.75, 3.05) is 14.2 Å². The third-order valence-corrected chi connectivity index (χ3v) is 3.52.